The van der Waals surface area contributed by atoms with Crippen LogP contribution in [0, 0.1) is 0 Å². The van der Waals surface area contributed by atoms with Crippen LogP contribution in [0.2, 0.25) is 0 Å². The second-order valence-corrected chi connectivity index (χ2v) is 7.63. The lowest BCUT2D eigenvalue weighted by Gasteiger charge is -2.35. The summed E-state index contributed by atoms with van der Waals surface area (Å²) >= 11 is 3.50. The number of carbonyl (C=O) groups is 1. The maximum absolute atomic E-state index is 12.3. The first kappa shape index (κ1) is 18.9. The van der Waals surface area contributed by atoms with Gasteiger partial charge in [-0.1, -0.05) is 40.2 Å². The van der Waals surface area contributed by atoms with Gasteiger partial charge in [-0.05, 0) is 60.6 Å². The largest absolute Gasteiger partial charge is 0.497 e. The van der Waals surface area contributed by atoms with Crippen molar-refractivity contribution in [2.45, 2.75) is 37.7 Å². The number of aliphatic hydroxyl groups is 1. The Labute approximate surface area is 162 Å². The number of ether oxygens (including phenoxy) is 1. The fraction of sp³-hybridized carbons (Fsp3) is 0.381. The van der Waals surface area contributed by atoms with Crippen molar-refractivity contribution in [3.8, 4) is 5.75 Å². The zero-order valence-corrected chi connectivity index (χ0v) is 16.5. The van der Waals surface area contributed by atoms with Gasteiger partial charge in [-0.3, -0.25) is 4.79 Å². The van der Waals surface area contributed by atoms with Gasteiger partial charge in [0, 0.05) is 10.9 Å². The molecule has 26 heavy (non-hydrogen) atoms. The van der Waals surface area contributed by atoms with E-state index in [2.05, 4.69) is 21.2 Å². The van der Waals surface area contributed by atoms with E-state index < -0.39 is 5.60 Å². The van der Waals surface area contributed by atoms with Gasteiger partial charge in [0.25, 0.3) is 0 Å². The zero-order chi connectivity index (χ0) is 18.6. The fourth-order valence-corrected chi connectivity index (χ4v) is 4.01. The Morgan fingerprint density at radius 2 is 2.12 bits per heavy atom. The molecule has 0 fully saturated rings. The van der Waals surface area contributed by atoms with Crippen LogP contribution >= 0.6 is 15.9 Å². The standard InChI is InChI=1S/C21H24BrNO3/c1-26-17-9-10-18-16(13-17)6-4-12-21(18,25)14-23-20(24)11-8-15-5-2-3-7-19(15)22/h2-3,5,7,9-10,13,25H,4,6,8,11-12,14H2,1H3,(H,23,24). The molecule has 1 unspecified atom stereocenters. The van der Waals surface area contributed by atoms with Gasteiger partial charge in [-0.15, -0.1) is 0 Å². The van der Waals surface area contributed by atoms with Gasteiger partial charge < -0.3 is 15.2 Å². The number of hydrogen-bond acceptors (Lipinski definition) is 3. The number of rotatable bonds is 6. The number of methoxy groups -OCH3 is 1. The van der Waals surface area contributed by atoms with Crippen LogP contribution in [0.1, 0.15) is 36.0 Å². The second-order valence-electron chi connectivity index (χ2n) is 6.78. The van der Waals surface area contributed by atoms with Crippen molar-refractivity contribution >= 4 is 21.8 Å². The molecule has 5 heteroatoms. The van der Waals surface area contributed by atoms with E-state index in [1.807, 2.05) is 42.5 Å². The summed E-state index contributed by atoms with van der Waals surface area (Å²) in [6.07, 6.45) is 3.53. The molecule has 2 aromatic rings. The van der Waals surface area contributed by atoms with Crippen LogP contribution in [-0.4, -0.2) is 24.7 Å². The third-order valence-corrected chi connectivity index (χ3v) is 5.78. The number of aryl methyl sites for hydroxylation is 2. The van der Waals surface area contributed by atoms with Gasteiger partial charge in [-0.2, -0.15) is 0 Å². The summed E-state index contributed by atoms with van der Waals surface area (Å²) in [5.74, 6) is 0.750. The molecular formula is C21H24BrNO3. The monoisotopic (exact) mass is 417 g/mol. The Balaban J connectivity index is 1.61. The molecule has 0 spiro atoms. The fourth-order valence-electron chi connectivity index (χ4n) is 3.53. The topological polar surface area (TPSA) is 58.6 Å². The molecule has 0 aliphatic heterocycles. The highest BCUT2D eigenvalue weighted by Crippen LogP contribution is 2.36. The van der Waals surface area contributed by atoms with Crippen molar-refractivity contribution < 1.29 is 14.6 Å². The van der Waals surface area contributed by atoms with Crippen molar-refractivity contribution in [3.63, 3.8) is 0 Å². The molecule has 3 rings (SSSR count). The van der Waals surface area contributed by atoms with E-state index in [4.69, 9.17) is 4.74 Å². The molecule has 0 aromatic heterocycles. The minimum Gasteiger partial charge on any atom is -0.497 e. The number of nitrogens with one attached hydrogen (secondary N) is 1. The van der Waals surface area contributed by atoms with E-state index in [9.17, 15) is 9.90 Å². The Kier molecular flexibility index (Phi) is 5.99. The number of fused-ring (bicyclic) bond motifs is 1. The Morgan fingerprint density at radius 1 is 1.31 bits per heavy atom. The molecule has 0 heterocycles. The molecule has 4 nitrogen and oxygen atoms in total. The van der Waals surface area contributed by atoms with Crippen LogP contribution < -0.4 is 10.1 Å². The highest BCUT2D eigenvalue weighted by atomic mass is 79.9. The van der Waals surface area contributed by atoms with E-state index >= 15 is 0 Å². The summed E-state index contributed by atoms with van der Waals surface area (Å²) in [5.41, 5.74) is 2.09. The minimum atomic E-state index is -1.01. The van der Waals surface area contributed by atoms with Crippen LogP contribution in [0.25, 0.3) is 0 Å². The molecule has 1 aliphatic rings. The lowest BCUT2D eigenvalue weighted by atomic mass is 9.79. The molecule has 0 radical (unpaired) electrons. The van der Waals surface area contributed by atoms with E-state index in [-0.39, 0.29) is 12.5 Å². The SMILES string of the molecule is COc1ccc2c(c1)CCCC2(O)CNC(=O)CCc1ccccc1Br. The zero-order valence-electron chi connectivity index (χ0n) is 14.9. The summed E-state index contributed by atoms with van der Waals surface area (Å²) in [6.45, 7) is 0.237. The van der Waals surface area contributed by atoms with Gasteiger partial charge in [0.05, 0.1) is 13.7 Å². The summed E-state index contributed by atoms with van der Waals surface area (Å²) in [4.78, 5) is 12.3. The average molecular weight is 418 g/mol. The maximum Gasteiger partial charge on any atom is 0.220 e. The van der Waals surface area contributed by atoms with Gasteiger partial charge in [-0.25, -0.2) is 0 Å². The van der Waals surface area contributed by atoms with Gasteiger partial charge in [0.2, 0.25) is 5.91 Å². The number of hydrogen-bond donors (Lipinski definition) is 2. The summed E-state index contributed by atoms with van der Waals surface area (Å²) in [6, 6.07) is 13.7. The predicted molar refractivity (Wildman–Crippen MR) is 105 cm³/mol. The van der Waals surface area contributed by atoms with Crippen molar-refractivity contribution in [2.75, 3.05) is 13.7 Å². The highest BCUT2D eigenvalue weighted by molar-refractivity contribution is 9.10. The van der Waals surface area contributed by atoms with Gasteiger partial charge >= 0.3 is 0 Å². The third-order valence-electron chi connectivity index (χ3n) is 5.01. The first-order valence-electron chi connectivity index (χ1n) is 8.92. The molecule has 1 aliphatic carbocycles. The molecule has 2 N–H and O–H groups in total. The van der Waals surface area contributed by atoms with Gasteiger partial charge in [0.1, 0.15) is 11.4 Å². The van der Waals surface area contributed by atoms with Crippen LogP contribution in [0.3, 0.4) is 0 Å². The minimum absolute atomic E-state index is 0.0465. The molecule has 0 saturated carbocycles. The maximum atomic E-state index is 12.3. The quantitative estimate of drug-likeness (QED) is 0.752. The first-order chi connectivity index (χ1) is 12.5. The Morgan fingerprint density at radius 3 is 2.88 bits per heavy atom. The van der Waals surface area contributed by atoms with E-state index in [1.165, 1.54) is 0 Å². The van der Waals surface area contributed by atoms with Crippen LogP contribution in [0.4, 0.5) is 0 Å². The van der Waals surface area contributed by atoms with Crippen molar-refractivity contribution in [1.82, 2.24) is 5.32 Å². The molecule has 1 amide bonds. The second kappa shape index (κ2) is 8.23. The highest BCUT2D eigenvalue weighted by Gasteiger charge is 2.34. The summed E-state index contributed by atoms with van der Waals surface area (Å²) < 4.78 is 6.29. The van der Waals surface area contributed by atoms with E-state index in [1.54, 1.807) is 7.11 Å². The lowest BCUT2D eigenvalue weighted by molar-refractivity contribution is -0.122. The molecule has 2 aromatic carbocycles. The predicted octanol–water partition coefficient (Wildman–Crippen LogP) is 3.73. The van der Waals surface area contributed by atoms with Crippen molar-refractivity contribution in [1.29, 1.82) is 0 Å². The van der Waals surface area contributed by atoms with Crippen LogP contribution in [0.5, 0.6) is 5.75 Å². The molecule has 1 atom stereocenters. The Bertz CT molecular complexity index is 793. The summed E-state index contributed by atoms with van der Waals surface area (Å²) in [7, 11) is 1.64. The number of carbonyl (C=O) groups excluding carboxylic acids is 1. The number of amides is 1. The normalized spacial score (nSPS) is 18.9. The molecule has 0 saturated heterocycles. The van der Waals surface area contributed by atoms with Crippen molar-refractivity contribution in [2.24, 2.45) is 0 Å². The molecule has 0 bridgehead atoms. The molecule has 138 valence electrons. The molecular weight excluding hydrogens is 394 g/mol. The summed E-state index contributed by atoms with van der Waals surface area (Å²) in [5, 5.41) is 14.0. The number of benzene rings is 2. The van der Waals surface area contributed by atoms with Gasteiger partial charge in [0.15, 0.2) is 0 Å². The third kappa shape index (κ3) is 4.27. The average Bonchev–Trinajstić information content (AvgIpc) is 2.65. The van der Waals surface area contributed by atoms with E-state index in [0.29, 0.717) is 19.3 Å². The Hall–Kier alpha value is -1.85. The van der Waals surface area contributed by atoms with Crippen LogP contribution in [-0.2, 0) is 23.2 Å². The smallest absolute Gasteiger partial charge is 0.220 e. The number of halogens is 1. The lowest BCUT2D eigenvalue weighted by Crippen LogP contribution is -2.43. The van der Waals surface area contributed by atoms with E-state index in [0.717, 1.165) is 39.8 Å². The van der Waals surface area contributed by atoms with Crippen molar-refractivity contribution in [3.05, 3.63) is 63.6 Å². The first-order valence-corrected chi connectivity index (χ1v) is 9.71. The van der Waals surface area contributed by atoms with Crippen LogP contribution in [0.15, 0.2) is 46.9 Å².